The molecule has 0 aliphatic heterocycles. The summed E-state index contributed by atoms with van der Waals surface area (Å²) in [4.78, 5) is 0. The van der Waals surface area contributed by atoms with Crippen molar-refractivity contribution in [2.75, 3.05) is 6.61 Å². The van der Waals surface area contributed by atoms with E-state index in [2.05, 4.69) is 20.7 Å². The number of alkyl halides is 3. The third-order valence-electron chi connectivity index (χ3n) is 2.84. The summed E-state index contributed by atoms with van der Waals surface area (Å²) < 4.78 is 45.7. The number of rotatable bonds is 4. The van der Waals surface area contributed by atoms with E-state index in [0.717, 1.165) is 12.8 Å². The largest absolute Gasteiger partial charge is 0.573 e. The summed E-state index contributed by atoms with van der Waals surface area (Å²) in [6.45, 7) is 0.617. The Balaban J connectivity index is 1.95. The van der Waals surface area contributed by atoms with Crippen LogP contribution >= 0.6 is 15.9 Å². The van der Waals surface area contributed by atoms with Crippen molar-refractivity contribution in [2.45, 2.75) is 25.6 Å². The van der Waals surface area contributed by atoms with Gasteiger partial charge in [-0.15, -0.1) is 13.2 Å². The summed E-state index contributed by atoms with van der Waals surface area (Å²) in [6.07, 6.45) is -1.13. The predicted molar refractivity (Wildman–Crippen MR) is 63.7 cm³/mol. The second-order valence-electron chi connectivity index (χ2n) is 4.25. The number of hydrogen-bond acceptors (Lipinski definition) is 2. The maximum absolute atomic E-state index is 12.1. The second-order valence-corrected chi connectivity index (χ2v) is 5.10. The van der Waals surface area contributed by atoms with Gasteiger partial charge in [0.25, 0.3) is 0 Å². The summed E-state index contributed by atoms with van der Waals surface area (Å²) in [7, 11) is 0. The molecular weight excluding hydrogens is 313 g/mol. The Morgan fingerprint density at radius 2 is 2.00 bits per heavy atom. The molecule has 1 fully saturated rings. The maximum atomic E-state index is 12.1. The molecule has 0 aromatic heterocycles. The third kappa shape index (κ3) is 3.80. The van der Waals surface area contributed by atoms with Gasteiger partial charge in [-0.25, -0.2) is 0 Å². The zero-order chi connectivity index (χ0) is 13.2. The van der Waals surface area contributed by atoms with Crippen molar-refractivity contribution in [1.29, 1.82) is 0 Å². The minimum atomic E-state index is -4.68. The molecule has 100 valence electrons. The van der Waals surface area contributed by atoms with Crippen LogP contribution in [0.3, 0.4) is 0 Å². The minimum absolute atomic E-state index is 0.228. The lowest BCUT2D eigenvalue weighted by molar-refractivity contribution is -0.274. The van der Waals surface area contributed by atoms with E-state index in [4.69, 9.17) is 4.74 Å². The fourth-order valence-corrected chi connectivity index (χ4v) is 2.09. The molecule has 1 aromatic carbocycles. The monoisotopic (exact) mass is 324 g/mol. The lowest BCUT2D eigenvalue weighted by Gasteiger charge is -2.25. The highest BCUT2D eigenvalue weighted by Crippen LogP contribution is 2.34. The zero-order valence-corrected chi connectivity index (χ0v) is 11.1. The van der Waals surface area contributed by atoms with E-state index < -0.39 is 6.36 Å². The molecule has 1 aliphatic carbocycles. The molecule has 0 saturated heterocycles. The Kier molecular flexibility index (Phi) is 4.04. The Labute approximate surface area is 111 Å². The highest BCUT2D eigenvalue weighted by molar-refractivity contribution is 9.10. The molecule has 2 nitrogen and oxygen atoms in total. The highest BCUT2D eigenvalue weighted by Gasteiger charge is 2.32. The average molecular weight is 325 g/mol. The molecule has 0 N–H and O–H groups in total. The van der Waals surface area contributed by atoms with Crippen LogP contribution < -0.4 is 9.47 Å². The molecular formula is C12H12BrF3O2. The lowest BCUT2D eigenvalue weighted by atomic mass is 9.86. The van der Waals surface area contributed by atoms with Crippen LogP contribution in [0, 0.1) is 5.92 Å². The first-order valence-corrected chi connectivity index (χ1v) is 6.41. The fourth-order valence-electron chi connectivity index (χ4n) is 1.65. The molecule has 0 spiro atoms. The summed E-state index contributed by atoms with van der Waals surface area (Å²) in [5.74, 6) is 0.858. The number of halogens is 4. The molecule has 1 aromatic rings. The molecule has 0 bridgehead atoms. The van der Waals surface area contributed by atoms with Gasteiger partial charge in [0.15, 0.2) is 0 Å². The summed E-state index contributed by atoms with van der Waals surface area (Å²) >= 11 is 3.03. The van der Waals surface area contributed by atoms with Crippen LogP contribution in [0.2, 0.25) is 0 Å². The second kappa shape index (κ2) is 5.38. The van der Waals surface area contributed by atoms with Gasteiger partial charge in [0.2, 0.25) is 0 Å². The van der Waals surface area contributed by atoms with E-state index in [0.29, 0.717) is 18.3 Å². The van der Waals surface area contributed by atoms with Crippen molar-refractivity contribution in [3.8, 4) is 11.5 Å². The van der Waals surface area contributed by atoms with Gasteiger partial charge in [-0.05, 0) is 52.9 Å². The highest BCUT2D eigenvalue weighted by atomic mass is 79.9. The van der Waals surface area contributed by atoms with Gasteiger partial charge in [-0.3, -0.25) is 0 Å². The molecule has 2 rings (SSSR count). The van der Waals surface area contributed by atoms with Crippen molar-refractivity contribution in [2.24, 2.45) is 5.92 Å². The van der Waals surface area contributed by atoms with Gasteiger partial charge in [-0.2, -0.15) is 0 Å². The molecule has 18 heavy (non-hydrogen) atoms. The first kappa shape index (κ1) is 13.5. The topological polar surface area (TPSA) is 18.5 Å². The molecule has 0 heterocycles. The molecule has 0 radical (unpaired) electrons. The average Bonchev–Trinajstić information content (AvgIpc) is 2.18. The summed E-state index contributed by atoms with van der Waals surface area (Å²) in [5, 5.41) is 0. The predicted octanol–water partition coefficient (Wildman–Crippen LogP) is 4.53. The van der Waals surface area contributed by atoms with E-state index in [1.54, 1.807) is 0 Å². The maximum Gasteiger partial charge on any atom is 0.573 e. The summed E-state index contributed by atoms with van der Waals surface area (Å²) in [5.41, 5.74) is 0. The third-order valence-corrected chi connectivity index (χ3v) is 3.46. The van der Waals surface area contributed by atoms with Gasteiger partial charge in [0.05, 0.1) is 11.1 Å². The van der Waals surface area contributed by atoms with Crippen molar-refractivity contribution >= 4 is 15.9 Å². The van der Waals surface area contributed by atoms with Crippen molar-refractivity contribution in [3.63, 3.8) is 0 Å². The van der Waals surface area contributed by atoms with Gasteiger partial charge in [-0.1, -0.05) is 6.42 Å². The zero-order valence-electron chi connectivity index (χ0n) is 9.47. The molecule has 6 heteroatoms. The van der Waals surface area contributed by atoms with Crippen LogP contribution in [-0.2, 0) is 0 Å². The van der Waals surface area contributed by atoms with Crippen LogP contribution in [-0.4, -0.2) is 13.0 Å². The van der Waals surface area contributed by atoms with E-state index in [9.17, 15) is 13.2 Å². The first-order valence-electron chi connectivity index (χ1n) is 5.62. The molecule has 0 amide bonds. The van der Waals surface area contributed by atoms with Gasteiger partial charge in [0, 0.05) is 0 Å². The molecule has 0 unspecified atom stereocenters. The molecule has 1 aliphatic rings. The van der Waals surface area contributed by atoms with Crippen LogP contribution in [0.15, 0.2) is 22.7 Å². The number of hydrogen-bond donors (Lipinski definition) is 0. The van der Waals surface area contributed by atoms with Crippen molar-refractivity contribution in [1.82, 2.24) is 0 Å². The molecule has 0 atom stereocenters. The minimum Gasteiger partial charge on any atom is -0.493 e. The number of benzene rings is 1. The normalized spacial score (nSPS) is 16.2. The fraction of sp³-hybridized carbons (Fsp3) is 0.500. The molecule has 1 saturated carbocycles. The van der Waals surface area contributed by atoms with E-state index >= 15 is 0 Å². The Hall–Kier alpha value is -0.910. The van der Waals surface area contributed by atoms with E-state index in [1.165, 1.54) is 24.6 Å². The smallest absolute Gasteiger partial charge is 0.493 e. The Bertz CT molecular complexity index is 416. The first-order chi connectivity index (χ1) is 8.44. The lowest BCUT2D eigenvalue weighted by Crippen LogP contribution is -2.19. The SMILES string of the molecule is FC(F)(F)Oc1ccc(OCC2CCC2)cc1Br. The van der Waals surface area contributed by atoms with Crippen LogP contribution in [0.5, 0.6) is 11.5 Å². The van der Waals surface area contributed by atoms with Gasteiger partial charge >= 0.3 is 6.36 Å². The standard InChI is InChI=1S/C12H12BrF3O2/c13-10-6-9(17-7-8-2-1-3-8)4-5-11(10)18-12(14,15)16/h4-6,8H,1-3,7H2. The van der Waals surface area contributed by atoms with Crippen LogP contribution in [0.4, 0.5) is 13.2 Å². The number of ether oxygens (including phenoxy) is 2. The Morgan fingerprint density at radius 3 is 2.50 bits per heavy atom. The quantitative estimate of drug-likeness (QED) is 0.810. The van der Waals surface area contributed by atoms with Crippen LogP contribution in [0.1, 0.15) is 19.3 Å². The van der Waals surface area contributed by atoms with Gasteiger partial charge < -0.3 is 9.47 Å². The van der Waals surface area contributed by atoms with E-state index in [-0.39, 0.29) is 10.2 Å². The Morgan fingerprint density at radius 1 is 1.28 bits per heavy atom. The van der Waals surface area contributed by atoms with Crippen LogP contribution in [0.25, 0.3) is 0 Å². The van der Waals surface area contributed by atoms with Crippen molar-refractivity contribution in [3.05, 3.63) is 22.7 Å². The van der Waals surface area contributed by atoms with Gasteiger partial charge in [0.1, 0.15) is 11.5 Å². The summed E-state index contributed by atoms with van der Waals surface area (Å²) in [6, 6.07) is 4.21. The van der Waals surface area contributed by atoms with E-state index in [1.807, 2.05) is 0 Å². The van der Waals surface area contributed by atoms with Crippen molar-refractivity contribution < 1.29 is 22.6 Å².